The van der Waals surface area contributed by atoms with Gasteiger partial charge in [-0.1, -0.05) is 62.3 Å². The third kappa shape index (κ3) is 7.54. The van der Waals surface area contributed by atoms with Gasteiger partial charge in [-0.25, -0.2) is 4.79 Å². The molecule has 1 heterocycles. The molecule has 6 aliphatic rings. The van der Waals surface area contributed by atoms with Crippen LogP contribution in [0, 0.1) is 68.0 Å². The van der Waals surface area contributed by atoms with E-state index in [4.69, 9.17) is 9.47 Å². The summed E-state index contributed by atoms with van der Waals surface area (Å²) in [6.45, 7) is 29.0. The van der Waals surface area contributed by atoms with Crippen molar-refractivity contribution in [3.8, 4) is 0 Å². The van der Waals surface area contributed by atoms with Gasteiger partial charge in [-0.15, -0.1) is 0 Å². The number of carboxylic acid groups (broad SMARTS) is 1. The average Bonchev–Trinajstić information content (AvgIpc) is 3.44. The molecule has 2 amide bonds. The largest absolute Gasteiger partial charge is 0.481 e. The molecule has 0 spiro atoms. The topological polar surface area (TPSA) is 113 Å². The SMILES string of the molecule is CC(C)[C@@H]1CC[C@]2(CC(=O)N3CCN(C(=O)OC(C)(C)C)CC3)CC[C@]3(C)[C@H](CC[C@@H]4[C@@]5(C)CC[C@H](OC(=O)CC(C)(C)CC(=O)O)C(C)(C)[C@@H]5CC[C@]43C)[C@@H]12. The molecule has 6 fully saturated rings. The van der Waals surface area contributed by atoms with Crippen LogP contribution in [-0.4, -0.2) is 76.7 Å². The fourth-order valence-electron chi connectivity index (χ4n) is 15.0. The molecule has 318 valence electrons. The number of fused-ring (bicyclic) bond motifs is 7. The minimum atomic E-state index is -0.887. The van der Waals surface area contributed by atoms with Crippen molar-refractivity contribution in [1.29, 1.82) is 0 Å². The van der Waals surface area contributed by atoms with E-state index >= 15 is 0 Å². The van der Waals surface area contributed by atoms with Crippen molar-refractivity contribution in [1.82, 2.24) is 9.80 Å². The monoisotopic (exact) mass is 783 g/mol. The van der Waals surface area contributed by atoms with E-state index in [1.54, 1.807) is 4.90 Å². The van der Waals surface area contributed by atoms with Crippen LogP contribution in [0.1, 0.15) is 167 Å². The number of amides is 2. The Morgan fingerprint density at radius 2 is 1.38 bits per heavy atom. The summed E-state index contributed by atoms with van der Waals surface area (Å²) >= 11 is 0. The lowest BCUT2D eigenvalue weighted by Gasteiger charge is -2.73. The van der Waals surface area contributed by atoms with Crippen LogP contribution in [0.25, 0.3) is 0 Å². The zero-order chi connectivity index (χ0) is 41.4. The van der Waals surface area contributed by atoms with Crippen molar-refractivity contribution in [2.24, 2.45) is 68.0 Å². The van der Waals surface area contributed by atoms with Crippen LogP contribution < -0.4 is 0 Å². The lowest BCUT2D eigenvalue weighted by Crippen LogP contribution is -2.67. The van der Waals surface area contributed by atoms with Gasteiger partial charge in [0, 0.05) is 38.0 Å². The summed E-state index contributed by atoms with van der Waals surface area (Å²) in [5, 5.41) is 9.37. The number of esters is 1. The zero-order valence-electron chi connectivity index (χ0n) is 37.4. The number of piperazine rings is 1. The van der Waals surface area contributed by atoms with Gasteiger partial charge >= 0.3 is 18.0 Å². The van der Waals surface area contributed by atoms with Gasteiger partial charge in [0.25, 0.3) is 0 Å². The first-order valence-electron chi connectivity index (χ1n) is 22.5. The molecule has 0 aromatic rings. The Balaban J connectivity index is 1.18. The first-order valence-corrected chi connectivity index (χ1v) is 22.5. The standard InChI is InChI=1S/C47H78N2O7/c1-30(2)31-15-20-47(27-36(50)48-23-25-49(26-24-48)40(54)56-41(3,4)5)22-21-45(11)32(39(31)47)13-14-34-44(10)18-17-35(43(8,9)33(44)16-19-46(34,45)12)55-38(53)29-42(6,7)28-37(51)52/h30-35,39H,13-29H2,1-12H3,(H,51,52)/t31-,32+,33-,34+,35-,39+,44-,45+,46+,47+/m0/s1. The molecule has 6 rings (SSSR count). The summed E-state index contributed by atoms with van der Waals surface area (Å²) in [6, 6.07) is 0. The van der Waals surface area contributed by atoms with Crippen LogP contribution in [0.5, 0.6) is 0 Å². The molecular formula is C47H78N2O7. The quantitative estimate of drug-likeness (QED) is 0.244. The molecule has 5 aliphatic carbocycles. The molecule has 9 nitrogen and oxygen atoms in total. The van der Waals surface area contributed by atoms with Gasteiger partial charge in [0.15, 0.2) is 0 Å². The smallest absolute Gasteiger partial charge is 0.410 e. The first kappa shape index (κ1) is 43.3. The van der Waals surface area contributed by atoms with Gasteiger partial charge in [0.2, 0.25) is 5.91 Å². The van der Waals surface area contributed by atoms with Crippen molar-refractivity contribution in [3.05, 3.63) is 0 Å². The molecule has 5 saturated carbocycles. The van der Waals surface area contributed by atoms with Crippen LogP contribution in [0.2, 0.25) is 0 Å². The third-order valence-corrected chi connectivity index (χ3v) is 17.8. The van der Waals surface area contributed by atoms with Gasteiger partial charge in [-0.3, -0.25) is 14.4 Å². The number of aliphatic carboxylic acids is 1. The molecule has 10 atom stereocenters. The number of carbonyl (C=O) groups is 4. The Labute approximate surface area is 339 Å². The molecule has 1 saturated heterocycles. The number of carboxylic acids is 1. The third-order valence-electron chi connectivity index (χ3n) is 17.8. The molecule has 1 aliphatic heterocycles. The predicted octanol–water partition coefficient (Wildman–Crippen LogP) is 10.00. The highest BCUT2D eigenvalue weighted by atomic mass is 16.6. The Morgan fingerprint density at radius 3 is 1.98 bits per heavy atom. The number of carbonyl (C=O) groups excluding carboxylic acids is 3. The second-order valence-corrected chi connectivity index (χ2v) is 23.3. The van der Waals surface area contributed by atoms with Gasteiger partial charge in [-0.05, 0) is 148 Å². The zero-order valence-corrected chi connectivity index (χ0v) is 37.4. The molecule has 0 unspecified atom stereocenters. The number of ether oxygens (including phenoxy) is 2. The van der Waals surface area contributed by atoms with E-state index < -0.39 is 17.0 Å². The number of hydrogen-bond donors (Lipinski definition) is 1. The molecular weight excluding hydrogens is 705 g/mol. The normalized spacial score (nSPS) is 39.5. The van der Waals surface area contributed by atoms with Gasteiger partial charge in [-0.2, -0.15) is 0 Å². The van der Waals surface area contributed by atoms with E-state index in [1.165, 1.54) is 32.1 Å². The Hall–Kier alpha value is -2.32. The van der Waals surface area contributed by atoms with E-state index in [0.29, 0.717) is 68.1 Å². The molecule has 9 heteroatoms. The summed E-state index contributed by atoms with van der Waals surface area (Å²) in [5.41, 5.74) is -0.767. The van der Waals surface area contributed by atoms with Gasteiger partial charge in [0.05, 0.1) is 12.8 Å². The van der Waals surface area contributed by atoms with Crippen molar-refractivity contribution in [2.75, 3.05) is 26.2 Å². The van der Waals surface area contributed by atoms with Crippen LogP contribution >= 0.6 is 0 Å². The first-order chi connectivity index (χ1) is 25.8. The highest BCUT2D eigenvalue weighted by molar-refractivity contribution is 5.78. The Bertz CT molecular complexity index is 1520. The van der Waals surface area contributed by atoms with E-state index in [-0.39, 0.29) is 64.0 Å². The summed E-state index contributed by atoms with van der Waals surface area (Å²) in [7, 11) is 0. The Morgan fingerprint density at radius 1 is 0.732 bits per heavy atom. The van der Waals surface area contributed by atoms with Crippen molar-refractivity contribution >= 4 is 23.9 Å². The van der Waals surface area contributed by atoms with Crippen LogP contribution in [-0.2, 0) is 23.9 Å². The maximum absolute atomic E-state index is 14.3. The summed E-state index contributed by atoms with van der Waals surface area (Å²) in [5.74, 6) is 2.53. The number of nitrogens with zero attached hydrogens (tertiary/aromatic N) is 2. The minimum Gasteiger partial charge on any atom is -0.481 e. The maximum atomic E-state index is 14.3. The van der Waals surface area contributed by atoms with Gasteiger partial charge in [0.1, 0.15) is 11.7 Å². The lowest BCUT2D eigenvalue weighted by molar-refractivity contribution is -0.252. The van der Waals surface area contributed by atoms with E-state index in [1.807, 2.05) is 39.5 Å². The second kappa shape index (κ2) is 14.7. The van der Waals surface area contributed by atoms with Crippen LogP contribution in [0.4, 0.5) is 4.79 Å². The highest BCUT2D eigenvalue weighted by Crippen LogP contribution is 2.78. The minimum absolute atomic E-state index is 0.0474. The van der Waals surface area contributed by atoms with Crippen LogP contribution in [0.3, 0.4) is 0 Å². The molecule has 0 aromatic heterocycles. The predicted molar refractivity (Wildman–Crippen MR) is 219 cm³/mol. The highest BCUT2D eigenvalue weighted by Gasteiger charge is 2.71. The molecule has 0 radical (unpaired) electrons. The fraction of sp³-hybridized carbons (Fsp3) is 0.915. The maximum Gasteiger partial charge on any atom is 0.410 e. The molecule has 0 bridgehead atoms. The average molecular weight is 783 g/mol. The lowest BCUT2D eigenvalue weighted by atomic mass is 9.32. The molecule has 56 heavy (non-hydrogen) atoms. The Kier molecular flexibility index (Phi) is 11.4. The van der Waals surface area contributed by atoms with Crippen molar-refractivity contribution in [3.63, 3.8) is 0 Å². The van der Waals surface area contributed by atoms with Crippen LogP contribution in [0.15, 0.2) is 0 Å². The van der Waals surface area contributed by atoms with Gasteiger partial charge < -0.3 is 24.4 Å². The van der Waals surface area contributed by atoms with E-state index in [0.717, 1.165) is 32.1 Å². The molecule has 0 aromatic carbocycles. The molecule has 1 N–H and O–H groups in total. The summed E-state index contributed by atoms with van der Waals surface area (Å²) in [4.78, 5) is 55.6. The number of rotatable bonds is 8. The van der Waals surface area contributed by atoms with E-state index in [9.17, 15) is 24.3 Å². The van der Waals surface area contributed by atoms with E-state index in [2.05, 4.69) is 48.5 Å². The van der Waals surface area contributed by atoms with Crippen molar-refractivity contribution < 1.29 is 33.8 Å². The summed E-state index contributed by atoms with van der Waals surface area (Å²) < 4.78 is 11.9. The fourth-order valence-corrected chi connectivity index (χ4v) is 15.0. The second-order valence-electron chi connectivity index (χ2n) is 23.3. The number of hydrogen-bond acceptors (Lipinski definition) is 6. The summed E-state index contributed by atoms with van der Waals surface area (Å²) in [6.07, 6.45) is 11.6. The van der Waals surface area contributed by atoms with Crippen molar-refractivity contribution in [2.45, 2.75) is 178 Å².